The van der Waals surface area contributed by atoms with Gasteiger partial charge in [-0.3, -0.25) is 4.52 Å². The Hall–Kier alpha value is -1.04. The van der Waals surface area contributed by atoms with Crippen LogP contribution < -0.4 is 0 Å². The molecule has 0 amide bonds. The number of hydrogen-bond donors (Lipinski definition) is 3. The monoisotopic (exact) mass is 516 g/mol. The van der Waals surface area contributed by atoms with Gasteiger partial charge in [0, 0.05) is 0 Å². The third-order valence-electron chi connectivity index (χ3n) is 5.76. The number of phosphoric ester groups is 1. The zero-order valence-corrected chi connectivity index (χ0v) is 22.5. The first-order chi connectivity index (χ1) is 16.1. The van der Waals surface area contributed by atoms with Crippen molar-refractivity contribution in [3.05, 3.63) is 60.8 Å². The van der Waals surface area contributed by atoms with Crippen LogP contribution in [0.4, 0.5) is 0 Å². The Morgan fingerprint density at radius 1 is 0.765 bits per heavy atom. The molecule has 1 fully saturated rings. The normalized spacial score (nSPS) is 25.5. The van der Waals surface area contributed by atoms with Gasteiger partial charge in [-0.15, -0.1) is 0 Å². The lowest BCUT2D eigenvalue weighted by molar-refractivity contribution is 0.168. The Balaban J connectivity index is 2.64. The van der Waals surface area contributed by atoms with Crippen LogP contribution in [0.5, 0.6) is 0 Å². The Morgan fingerprint density at radius 3 is 1.74 bits per heavy atom. The van der Waals surface area contributed by atoms with E-state index in [1.54, 1.807) is 0 Å². The summed E-state index contributed by atoms with van der Waals surface area (Å²) in [6.07, 6.45) is 29.3. The van der Waals surface area contributed by atoms with E-state index in [0.29, 0.717) is 0 Å². The zero-order chi connectivity index (χ0) is 25.5. The van der Waals surface area contributed by atoms with Crippen LogP contribution in [0.15, 0.2) is 60.8 Å². The Kier molecular flexibility index (Phi) is 14.4. The SMILES string of the molecule is CCC=CCCC=CCCC=CC1C(COP(=O)(O)OP(=O)(O)O)C1(C)C=CCCC=CCC. The molecule has 0 bridgehead atoms. The van der Waals surface area contributed by atoms with Gasteiger partial charge in [-0.1, -0.05) is 81.5 Å². The third-order valence-corrected chi connectivity index (χ3v) is 7.91. The molecule has 0 saturated heterocycles. The predicted octanol–water partition coefficient (Wildman–Crippen LogP) is 7.41. The molecule has 194 valence electrons. The average Bonchev–Trinajstić information content (AvgIpc) is 3.31. The summed E-state index contributed by atoms with van der Waals surface area (Å²) in [7, 11) is -9.97. The highest BCUT2D eigenvalue weighted by atomic mass is 31.3. The number of rotatable bonds is 18. The first-order valence-corrected chi connectivity index (χ1v) is 15.1. The van der Waals surface area contributed by atoms with E-state index in [1.165, 1.54) is 0 Å². The predicted molar refractivity (Wildman–Crippen MR) is 138 cm³/mol. The molecule has 1 saturated carbocycles. The van der Waals surface area contributed by atoms with Crippen molar-refractivity contribution in [1.29, 1.82) is 0 Å². The van der Waals surface area contributed by atoms with E-state index < -0.39 is 15.6 Å². The maximum atomic E-state index is 11.8. The molecule has 9 heteroatoms. The van der Waals surface area contributed by atoms with Gasteiger partial charge in [0.15, 0.2) is 0 Å². The van der Waals surface area contributed by atoms with Crippen molar-refractivity contribution in [2.24, 2.45) is 17.3 Å². The van der Waals surface area contributed by atoms with E-state index in [4.69, 9.17) is 14.3 Å². The highest BCUT2D eigenvalue weighted by molar-refractivity contribution is 7.60. The number of allylic oxidation sites excluding steroid dienone is 10. The molecule has 3 N–H and O–H groups in total. The summed E-state index contributed by atoms with van der Waals surface area (Å²) in [5.41, 5.74) is -0.255. The molecular weight excluding hydrogens is 474 g/mol. The molecule has 1 aliphatic rings. The maximum Gasteiger partial charge on any atom is 0.481 e. The second-order valence-corrected chi connectivity index (χ2v) is 11.5. The van der Waals surface area contributed by atoms with E-state index in [2.05, 4.69) is 85.8 Å². The van der Waals surface area contributed by atoms with Gasteiger partial charge in [-0.2, -0.15) is 4.31 Å². The topological polar surface area (TPSA) is 113 Å². The zero-order valence-electron chi connectivity index (χ0n) is 20.7. The summed E-state index contributed by atoms with van der Waals surface area (Å²) in [4.78, 5) is 27.2. The Morgan fingerprint density at radius 2 is 1.24 bits per heavy atom. The molecule has 1 aliphatic carbocycles. The Bertz CT molecular complexity index is 825. The summed E-state index contributed by atoms with van der Waals surface area (Å²) in [6, 6.07) is 0. The lowest BCUT2D eigenvalue weighted by atomic mass is 10.0. The van der Waals surface area contributed by atoms with Gasteiger partial charge in [0.2, 0.25) is 0 Å². The van der Waals surface area contributed by atoms with Crippen molar-refractivity contribution in [3.63, 3.8) is 0 Å². The molecule has 0 spiro atoms. The molecule has 7 nitrogen and oxygen atoms in total. The molecule has 0 aromatic heterocycles. The standard InChI is InChI=1S/C25H42O7P2/c1-4-6-8-10-12-13-14-15-16-18-20-23-24(22-31-34(29,30)32-33(26,27)28)25(23,3)21-19-17-11-9-7-5-2/h6-9,13-14,18-21,23-24H,4-5,10-12,15-17,22H2,1-3H3,(H,29,30)(H2,26,27,28). The molecule has 0 aliphatic heterocycles. The molecule has 0 aromatic carbocycles. The first kappa shape index (κ1) is 31.0. The quantitative estimate of drug-likeness (QED) is 0.0987. The minimum absolute atomic E-state index is 0.0899. The maximum absolute atomic E-state index is 11.8. The van der Waals surface area contributed by atoms with E-state index in [0.717, 1.165) is 51.4 Å². The number of unbranched alkanes of at least 4 members (excludes halogenated alkanes) is 3. The van der Waals surface area contributed by atoms with E-state index in [-0.39, 0.29) is 23.9 Å². The van der Waals surface area contributed by atoms with Gasteiger partial charge in [-0.05, 0) is 68.6 Å². The van der Waals surface area contributed by atoms with Crippen LogP contribution in [0.1, 0.15) is 72.1 Å². The molecule has 4 atom stereocenters. The van der Waals surface area contributed by atoms with Crippen molar-refractivity contribution in [2.75, 3.05) is 6.61 Å². The first-order valence-electron chi connectivity index (χ1n) is 12.1. The summed E-state index contributed by atoms with van der Waals surface area (Å²) < 4.78 is 31.6. The van der Waals surface area contributed by atoms with Gasteiger partial charge in [0.1, 0.15) is 0 Å². The van der Waals surface area contributed by atoms with Crippen LogP contribution in [-0.4, -0.2) is 21.3 Å². The summed E-state index contributed by atoms with van der Waals surface area (Å²) in [6.45, 7) is 6.14. The molecular formula is C25H42O7P2. The van der Waals surface area contributed by atoms with Gasteiger partial charge < -0.3 is 14.7 Å². The van der Waals surface area contributed by atoms with E-state index >= 15 is 0 Å². The molecule has 34 heavy (non-hydrogen) atoms. The molecule has 0 heterocycles. The van der Waals surface area contributed by atoms with Gasteiger partial charge >= 0.3 is 15.6 Å². The second kappa shape index (κ2) is 15.9. The summed E-state index contributed by atoms with van der Waals surface area (Å²) in [5, 5.41) is 0. The van der Waals surface area contributed by atoms with Crippen molar-refractivity contribution < 1.29 is 32.6 Å². The minimum atomic E-state index is -5.13. The van der Waals surface area contributed by atoms with E-state index in [1.807, 2.05) is 0 Å². The smallest absolute Gasteiger partial charge is 0.302 e. The van der Waals surface area contributed by atoms with Crippen LogP contribution in [0.25, 0.3) is 0 Å². The van der Waals surface area contributed by atoms with Crippen molar-refractivity contribution in [2.45, 2.75) is 72.1 Å². The minimum Gasteiger partial charge on any atom is -0.302 e. The van der Waals surface area contributed by atoms with Crippen LogP contribution in [0.2, 0.25) is 0 Å². The van der Waals surface area contributed by atoms with Crippen LogP contribution in [0.3, 0.4) is 0 Å². The van der Waals surface area contributed by atoms with Gasteiger partial charge in [0.25, 0.3) is 0 Å². The fourth-order valence-corrected chi connectivity index (χ4v) is 5.43. The van der Waals surface area contributed by atoms with Gasteiger partial charge in [0.05, 0.1) is 6.61 Å². The third kappa shape index (κ3) is 13.2. The second-order valence-electron chi connectivity index (χ2n) is 8.63. The molecule has 4 unspecified atom stereocenters. The van der Waals surface area contributed by atoms with Crippen LogP contribution in [0, 0.1) is 17.3 Å². The summed E-state index contributed by atoms with van der Waals surface area (Å²) >= 11 is 0. The van der Waals surface area contributed by atoms with Crippen molar-refractivity contribution in [1.82, 2.24) is 0 Å². The fraction of sp³-hybridized carbons (Fsp3) is 0.600. The van der Waals surface area contributed by atoms with Crippen molar-refractivity contribution >= 4 is 15.6 Å². The fourth-order valence-electron chi connectivity index (χ4n) is 3.81. The highest BCUT2D eigenvalue weighted by Gasteiger charge is 2.58. The lowest BCUT2D eigenvalue weighted by Gasteiger charge is -2.12. The van der Waals surface area contributed by atoms with Crippen LogP contribution >= 0.6 is 15.6 Å². The van der Waals surface area contributed by atoms with Crippen LogP contribution in [-0.2, 0) is 18.0 Å². The summed E-state index contributed by atoms with van der Waals surface area (Å²) in [5.74, 6) is 0.0149. The lowest BCUT2D eigenvalue weighted by Crippen LogP contribution is -2.02. The van der Waals surface area contributed by atoms with E-state index in [9.17, 15) is 14.0 Å². The molecule has 0 radical (unpaired) electrons. The number of hydrogen-bond acceptors (Lipinski definition) is 4. The highest BCUT2D eigenvalue weighted by Crippen LogP contribution is 2.64. The average molecular weight is 517 g/mol. The largest absolute Gasteiger partial charge is 0.481 e. The molecule has 1 rings (SSSR count). The van der Waals surface area contributed by atoms with Crippen molar-refractivity contribution in [3.8, 4) is 0 Å². The van der Waals surface area contributed by atoms with Gasteiger partial charge in [-0.25, -0.2) is 9.13 Å². The Labute approximate surface area is 205 Å². The number of phosphoric acid groups is 2. The molecule has 0 aromatic rings.